The summed E-state index contributed by atoms with van der Waals surface area (Å²) in [5.74, 6) is 0. The Balaban J connectivity index is 1.44. The highest BCUT2D eigenvalue weighted by Crippen LogP contribution is 2.28. The molecular weight excluding hydrogens is 364 g/mol. The normalized spacial score (nSPS) is 11.2. The Morgan fingerprint density at radius 1 is 0.600 bits per heavy atom. The smallest absolute Gasteiger partial charge is 0.0456 e. The summed E-state index contributed by atoms with van der Waals surface area (Å²) in [4.78, 5) is 5.97. The molecule has 0 radical (unpaired) electrons. The standard InChI is InChI=1S/C28H26N2/c1-2-9-22(10-3-1)17-19-30(28-16-8-12-23-11-4-5-14-26(23)28)20-18-24-21-29-27-15-7-6-13-25(24)27/h1-16,21,29H,17-20H2. The van der Waals surface area contributed by atoms with Gasteiger partial charge in [0.15, 0.2) is 0 Å². The first-order chi connectivity index (χ1) is 14.9. The van der Waals surface area contributed by atoms with E-state index in [4.69, 9.17) is 0 Å². The second-order valence-corrected chi connectivity index (χ2v) is 7.83. The molecule has 0 fully saturated rings. The van der Waals surface area contributed by atoms with Gasteiger partial charge in [-0.15, -0.1) is 0 Å². The van der Waals surface area contributed by atoms with Crippen LogP contribution in [-0.2, 0) is 12.8 Å². The third kappa shape index (κ3) is 3.81. The number of hydrogen-bond acceptors (Lipinski definition) is 1. The van der Waals surface area contributed by atoms with Crippen molar-refractivity contribution in [2.75, 3.05) is 18.0 Å². The molecule has 2 heteroatoms. The van der Waals surface area contributed by atoms with Crippen molar-refractivity contribution in [2.24, 2.45) is 0 Å². The lowest BCUT2D eigenvalue weighted by Gasteiger charge is -2.26. The van der Waals surface area contributed by atoms with Crippen molar-refractivity contribution >= 4 is 27.4 Å². The highest BCUT2D eigenvalue weighted by Gasteiger charge is 2.12. The summed E-state index contributed by atoms with van der Waals surface area (Å²) in [7, 11) is 0. The summed E-state index contributed by atoms with van der Waals surface area (Å²) in [6.45, 7) is 1.99. The van der Waals surface area contributed by atoms with Crippen molar-refractivity contribution in [1.82, 2.24) is 4.98 Å². The second kappa shape index (κ2) is 8.46. The minimum atomic E-state index is 0.989. The lowest BCUT2D eigenvalue weighted by molar-refractivity contribution is 0.773. The summed E-state index contributed by atoms with van der Waals surface area (Å²) >= 11 is 0. The number of rotatable bonds is 7. The second-order valence-electron chi connectivity index (χ2n) is 7.83. The molecule has 30 heavy (non-hydrogen) atoms. The number of nitrogens with zero attached hydrogens (tertiary/aromatic N) is 1. The van der Waals surface area contributed by atoms with E-state index in [-0.39, 0.29) is 0 Å². The van der Waals surface area contributed by atoms with Crippen LogP contribution in [0.2, 0.25) is 0 Å². The van der Waals surface area contributed by atoms with Crippen LogP contribution in [0.3, 0.4) is 0 Å². The molecule has 5 rings (SSSR count). The van der Waals surface area contributed by atoms with E-state index in [0.717, 1.165) is 25.9 Å². The first-order valence-electron chi connectivity index (χ1n) is 10.7. The fourth-order valence-electron chi connectivity index (χ4n) is 4.34. The molecule has 0 bridgehead atoms. The Morgan fingerprint density at radius 3 is 2.20 bits per heavy atom. The molecule has 0 unspecified atom stereocenters. The van der Waals surface area contributed by atoms with Crippen LogP contribution in [0.25, 0.3) is 21.7 Å². The molecule has 148 valence electrons. The SMILES string of the molecule is c1ccc(CCN(CCc2c[nH]c3ccccc23)c2cccc3ccccc23)cc1. The zero-order valence-corrected chi connectivity index (χ0v) is 17.1. The molecule has 2 nitrogen and oxygen atoms in total. The van der Waals surface area contributed by atoms with Crippen LogP contribution in [0.5, 0.6) is 0 Å². The maximum Gasteiger partial charge on any atom is 0.0456 e. The van der Waals surface area contributed by atoms with Crippen LogP contribution in [0.4, 0.5) is 5.69 Å². The number of fused-ring (bicyclic) bond motifs is 2. The predicted molar refractivity (Wildman–Crippen MR) is 128 cm³/mol. The van der Waals surface area contributed by atoms with Crippen LogP contribution in [0, 0.1) is 0 Å². The van der Waals surface area contributed by atoms with E-state index in [2.05, 4.69) is 113 Å². The van der Waals surface area contributed by atoms with E-state index in [1.54, 1.807) is 0 Å². The van der Waals surface area contributed by atoms with E-state index in [0.29, 0.717) is 0 Å². The number of hydrogen-bond donors (Lipinski definition) is 1. The average molecular weight is 391 g/mol. The molecule has 0 spiro atoms. The van der Waals surface area contributed by atoms with Gasteiger partial charge in [0, 0.05) is 41.3 Å². The van der Waals surface area contributed by atoms with Crippen molar-refractivity contribution in [1.29, 1.82) is 0 Å². The molecule has 0 aliphatic heterocycles. The number of benzene rings is 4. The third-order valence-electron chi connectivity index (χ3n) is 5.95. The lowest BCUT2D eigenvalue weighted by atomic mass is 10.1. The molecule has 0 aliphatic carbocycles. The molecule has 0 saturated heterocycles. The number of aromatic nitrogens is 1. The van der Waals surface area contributed by atoms with E-state index >= 15 is 0 Å². The maximum absolute atomic E-state index is 3.42. The third-order valence-corrected chi connectivity index (χ3v) is 5.95. The molecule has 1 aromatic heterocycles. The van der Waals surface area contributed by atoms with Gasteiger partial charge in [-0.25, -0.2) is 0 Å². The molecule has 1 N–H and O–H groups in total. The topological polar surface area (TPSA) is 19.0 Å². The summed E-state index contributed by atoms with van der Waals surface area (Å²) in [6.07, 6.45) is 4.23. The van der Waals surface area contributed by atoms with E-state index in [9.17, 15) is 0 Å². The van der Waals surface area contributed by atoms with Gasteiger partial charge in [0.05, 0.1) is 0 Å². The van der Waals surface area contributed by atoms with Gasteiger partial charge >= 0.3 is 0 Å². The van der Waals surface area contributed by atoms with E-state index in [1.165, 1.54) is 38.5 Å². The van der Waals surface area contributed by atoms with Gasteiger partial charge in [-0.1, -0.05) is 84.9 Å². The number of nitrogens with one attached hydrogen (secondary N) is 1. The maximum atomic E-state index is 3.42. The zero-order chi connectivity index (χ0) is 20.2. The lowest BCUT2D eigenvalue weighted by Crippen LogP contribution is -2.28. The molecule has 5 aromatic rings. The van der Waals surface area contributed by atoms with Gasteiger partial charge < -0.3 is 9.88 Å². The number of anilines is 1. The van der Waals surface area contributed by atoms with Gasteiger partial charge in [-0.05, 0) is 41.5 Å². The van der Waals surface area contributed by atoms with Crippen LogP contribution < -0.4 is 4.90 Å². The van der Waals surface area contributed by atoms with Crippen LogP contribution in [0.15, 0.2) is 103 Å². The zero-order valence-electron chi connectivity index (χ0n) is 17.1. The molecule has 0 amide bonds. The quantitative estimate of drug-likeness (QED) is 0.331. The molecule has 0 saturated carbocycles. The Hall–Kier alpha value is -3.52. The van der Waals surface area contributed by atoms with E-state index in [1.807, 2.05) is 0 Å². The minimum Gasteiger partial charge on any atom is -0.370 e. The van der Waals surface area contributed by atoms with E-state index < -0.39 is 0 Å². The Labute approximate surface area is 177 Å². The van der Waals surface area contributed by atoms with Crippen LogP contribution in [0.1, 0.15) is 11.1 Å². The van der Waals surface area contributed by atoms with Gasteiger partial charge in [0.2, 0.25) is 0 Å². The Bertz CT molecular complexity index is 1250. The molecule has 1 heterocycles. The summed E-state index contributed by atoms with van der Waals surface area (Å²) in [5.41, 5.74) is 5.31. The van der Waals surface area contributed by atoms with Crippen molar-refractivity contribution in [3.63, 3.8) is 0 Å². The number of aromatic amines is 1. The van der Waals surface area contributed by atoms with Crippen molar-refractivity contribution in [2.45, 2.75) is 12.8 Å². The van der Waals surface area contributed by atoms with Crippen molar-refractivity contribution < 1.29 is 0 Å². The molecular formula is C28H26N2. The highest BCUT2D eigenvalue weighted by atomic mass is 15.1. The molecule has 4 aromatic carbocycles. The van der Waals surface area contributed by atoms with Gasteiger partial charge in [-0.2, -0.15) is 0 Å². The predicted octanol–water partition coefficient (Wildman–Crippen LogP) is 6.61. The fourth-order valence-corrected chi connectivity index (χ4v) is 4.34. The average Bonchev–Trinajstić information content (AvgIpc) is 3.23. The highest BCUT2D eigenvalue weighted by molar-refractivity contribution is 5.94. The first kappa shape index (κ1) is 18.5. The van der Waals surface area contributed by atoms with Gasteiger partial charge in [-0.3, -0.25) is 0 Å². The largest absolute Gasteiger partial charge is 0.370 e. The van der Waals surface area contributed by atoms with Crippen molar-refractivity contribution in [3.8, 4) is 0 Å². The fraction of sp³-hybridized carbons (Fsp3) is 0.143. The molecule has 0 aliphatic rings. The Morgan fingerprint density at radius 2 is 1.30 bits per heavy atom. The van der Waals surface area contributed by atoms with Gasteiger partial charge in [0.1, 0.15) is 0 Å². The first-order valence-corrected chi connectivity index (χ1v) is 10.7. The van der Waals surface area contributed by atoms with Gasteiger partial charge in [0.25, 0.3) is 0 Å². The monoisotopic (exact) mass is 390 g/mol. The summed E-state index contributed by atoms with van der Waals surface area (Å²) in [6, 6.07) is 34.7. The number of H-pyrrole nitrogens is 1. The van der Waals surface area contributed by atoms with Crippen molar-refractivity contribution in [3.05, 3.63) is 114 Å². The van der Waals surface area contributed by atoms with Crippen LogP contribution in [-0.4, -0.2) is 18.1 Å². The Kier molecular flexibility index (Phi) is 5.22. The minimum absolute atomic E-state index is 0.989. The molecule has 0 atom stereocenters. The number of para-hydroxylation sites is 1. The summed E-state index contributed by atoms with van der Waals surface area (Å²) in [5, 5.41) is 3.96. The summed E-state index contributed by atoms with van der Waals surface area (Å²) < 4.78 is 0. The van der Waals surface area contributed by atoms with Crippen LogP contribution >= 0.6 is 0 Å².